The number of hydrogen-bond donors (Lipinski definition) is 1. The van der Waals surface area contributed by atoms with E-state index >= 15 is 0 Å². The van der Waals surface area contributed by atoms with E-state index < -0.39 is 0 Å². The van der Waals surface area contributed by atoms with E-state index in [9.17, 15) is 0 Å². The van der Waals surface area contributed by atoms with Crippen molar-refractivity contribution in [3.8, 4) is 0 Å². The molecular formula is C12H22N+. The second-order valence-corrected chi connectivity index (χ2v) is 3.76. The Labute approximate surface area is 82.9 Å². The van der Waals surface area contributed by atoms with Gasteiger partial charge in [0.1, 0.15) is 12.3 Å². The summed E-state index contributed by atoms with van der Waals surface area (Å²) in [6, 6.07) is 0.494. The molecule has 0 rings (SSSR count). The molecule has 0 bridgehead atoms. The summed E-state index contributed by atoms with van der Waals surface area (Å²) in [4.78, 5) is 0. The molecule has 0 spiro atoms. The van der Waals surface area contributed by atoms with E-state index in [2.05, 4.69) is 45.2 Å². The van der Waals surface area contributed by atoms with Crippen molar-refractivity contribution in [1.82, 2.24) is 5.32 Å². The molecule has 0 aliphatic heterocycles. The van der Waals surface area contributed by atoms with E-state index in [1.54, 1.807) is 0 Å². The van der Waals surface area contributed by atoms with Crippen LogP contribution in [0.3, 0.4) is 0 Å². The van der Waals surface area contributed by atoms with Gasteiger partial charge in [-0.1, -0.05) is 13.3 Å². The average Bonchev–Trinajstić information content (AvgIpc) is 2.03. The molecule has 74 valence electrons. The lowest BCUT2D eigenvalue weighted by Crippen LogP contribution is -2.14. The number of nitrogens with one attached hydrogen (secondary N) is 1. The van der Waals surface area contributed by atoms with Gasteiger partial charge in [-0.05, 0) is 27.2 Å². The first kappa shape index (κ1) is 12.2. The monoisotopic (exact) mass is 180 g/mol. The number of rotatable bonds is 6. The summed E-state index contributed by atoms with van der Waals surface area (Å²) in [5.41, 5.74) is 0. The molecule has 1 unspecified atom stereocenters. The van der Waals surface area contributed by atoms with Crippen LogP contribution >= 0.6 is 0 Å². The van der Waals surface area contributed by atoms with Crippen molar-refractivity contribution in [3.63, 3.8) is 0 Å². The van der Waals surface area contributed by atoms with E-state index in [-0.39, 0.29) is 0 Å². The predicted octanol–water partition coefficient (Wildman–Crippen LogP) is 3.29. The first-order valence-electron chi connectivity index (χ1n) is 5.17. The highest BCUT2D eigenvalue weighted by molar-refractivity contribution is 4.96. The summed E-state index contributed by atoms with van der Waals surface area (Å²) in [5.74, 6) is 0.671. The van der Waals surface area contributed by atoms with Gasteiger partial charge in [0.15, 0.2) is 6.08 Å². The molecule has 0 aliphatic carbocycles. The van der Waals surface area contributed by atoms with Gasteiger partial charge in [0.25, 0.3) is 0 Å². The lowest BCUT2D eigenvalue weighted by Gasteiger charge is -1.98. The van der Waals surface area contributed by atoms with Crippen LogP contribution in [0.1, 0.15) is 40.5 Å². The molecule has 0 radical (unpaired) electrons. The minimum atomic E-state index is 0.494. The van der Waals surface area contributed by atoms with Crippen LogP contribution in [0.15, 0.2) is 18.4 Å². The maximum Gasteiger partial charge on any atom is 0.157 e. The zero-order valence-corrected chi connectivity index (χ0v) is 9.30. The molecule has 0 saturated carbocycles. The van der Waals surface area contributed by atoms with Crippen molar-refractivity contribution in [3.05, 3.63) is 24.4 Å². The normalized spacial score (nSPS) is 13.9. The lowest BCUT2D eigenvalue weighted by molar-refractivity contribution is 0.634. The van der Waals surface area contributed by atoms with Crippen molar-refractivity contribution in [2.75, 3.05) is 0 Å². The highest BCUT2D eigenvalue weighted by Crippen LogP contribution is 2.05. The molecule has 0 aromatic carbocycles. The maximum atomic E-state index is 3.16. The summed E-state index contributed by atoms with van der Waals surface area (Å²) in [5, 5.41) is 3.16. The van der Waals surface area contributed by atoms with Gasteiger partial charge in [-0.2, -0.15) is 0 Å². The molecule has 0 aromatic rings. The van der Waals surface area contributed by atoms with Crippen molar-refractivity contribution in [2.24, 2.45) is 5.92 Å². The molecule has 0 aromatic heterocycles. The largest absolute Gasteiger partial charge is 0.365 e. The van der Waals surface area contributed by atoms with Gasteiger partial charge in [-0.3, -0.25) is 0 Å². The fourth-order valence-electron chi connectivity index (χ4n) is 1.03. The van der Waals surface area contributed by atoms with Crippen LogP contribution in [0.5, 0.6) is 0 Å². The fraction of sp³-hybridized carbons (Fsp3) is 0.667. The van der Waals surface area contributed by atoms with Crippen LogP contribution in [0.2, 0.25) is 0 Å². The summed E-state index contributed by atoms with van der Waals surface area (Å²) in [6.45, 7) is 8.67. The Morgan fingerprint density at radius 1 is 1.31 bits per heavy atom. The van der Waals surface area contributed by atoms with Crippen molar-refractivity contribution < 1.29 is 0 Å². The van der Waals surface area contributed by atoms with Gasteiger partial charge < -0.3 is 5.32 Å². The second-order valence-electron chi connectivity index (χ2n) is 3.76. The molecule has 1 atom stereocenters. The van der Waals surface area contributed by atoms with Crippen LogP contribution < -0.4 is 5.32 Å². The van der Waals surface area contributed by atoms with E-state index in [4.69, 9.17) is 0 Å². The SMILES string of the molecule is CCCC(C)/C=C/[C+]=CNC(C)C. The Hall–Kier alpha value is -0.810. The summed E-state index contributed by atoms with van der Waals surface area (Å²) < 4.78 is 0. The minimum Gasteiger partial charge on any atom is -0.365 e. The fourth-order valence-corrected chi connectivity index (χ4v) is 1.03. The third-order valence-electron chi connectivity index (χ3n) is 1.76. The van der Waals surface area contributed by atoms with Gasteiger partial charge in [-0.25, -0.2) is 0 Å². The minimum absolute atomic E-state index is 0.494. The summed E-state index contributed by atoms with van der Waals surface area (Å²) in [7, 11) is 0. The van der Waals surface area contributed by atoms with Crippen LogP contribution in [0.4, 0.5) is 0 Å². The van der Waals surface area contributed by atoms with Gasteiger partial charge >= 0.3 is 0 Å². The molecule has 0 aliphatic rings. The quantitative estimate of drug-likeness (QED) is 0.488. The molecule has 0 heterocycles. The topological polar surface area (TPSA) is 12.0 Å². The van der Waals surface area contributed by atoms with E-state index in [1.165, 1.54) is 12.8 Å². The van der Waals surface area contributed by atoms with Crippen LogP contribution in [-0.2, 0) is 0 Å². The van der Waals surface area contributed by atoms with Crippen molar-refractivity contribution in [2.45, 2.75) is 46.6 Å². The Kier molecular flexibility index (Phi) is 7.33. The first-order chi connectivity index (χ1) is 6.16. The number of allylic oxidation sites excluding steroid dienone is 3. The Balaban J connectivity index is 3.55. The molecule has 0 amide bonds. The van der Waals surface area contributed by atoms with Crippen LogP contribution in [0.25, 0.3) is 0 Å². The van der Waals surface area contributed by atoms with Gasteiger partial charge in [0, 0.05) is 12.0 Å². The molecule has 1 nitrogen and oxygen atoms in total. The van der Waals surface area contributed by atoms with Crippen LogP contribution in [-0.4, -0.2) is 6.04 Å². The summed E-state index contributed by atoms with van der Waals surface area (Å²) in [6.07, 6.45) is 11.7. The Bertz CT molecular complexity index is 157. The highest BCUT2D eigenvalue weighted by atomic mass is 14.9. The van der Waals surface area contributed by atoms with Gasteiger partial charge in [-0.15, -0.1) is 0 Å². The standard InChI is InChI=1S/C12H22N/c1-5-8-12(4)9-6-7-10-13-11(2)3/h6,9-13H,5,8H2,1-4H3/q+1/b9-6+. The van der Waals surface area contributed by atoms with E-state index in [1.807, 2.05) is 12.3 Å². The van der Waals surface area contributed by atoms with Gasteiger partial charge in [0.2, 0.25) is 0 Å². The molecular weight excluding hydrogens is 158 g/mol. The van der Waals surface area contributed by atoms with Crippen molar-refractivity contribution >= 4 is 0 Å². The van der Waals surface area contributed by atoms with Gasteiger partial charge in [0.05, 0.1) is 6.08 Å². The molecule has 0 saturated heterocycles. The van der Waals surface area contributed by atoms with Crippen LogP contribution in [0, 0.1) is 12.0 Å². The maximum absolute atomic E-state index is 3.16. The molecule has 0 fully saturated rings. The first-order valence-corrected chi connectivity index (χ1v) is 5.17. The Morgan fingerprint density at radius 3 is 2.54 bits per heavy atom. The van der Waals surface area contributed by atoms with Crippen molar-refractivity contribution in [1.29, 1.82) is 0 Å². The number of hydrogen-bond acceptors (Lipinski definition) is 1. The zero-order valence-electron chi connectivity index (χ0n) is 9.30. The predicted molar refractivity (Wildman–Crippen MR) is 59.3 cm³/mol. The molecule has 1 heteroatoms. The lowest BCUT2D eigenvalue weighted by atomic mass is 10.1. The zero-order chi connectivity index (χ0) is 10.1. The third-order valence-corrected chi connectivity index (χ3v) is 1.76. The van der Waals surface area contributed by atoms with E-state index in [0.29, 0.717) is 12.0 Å². The smallest absolute Gasteiger partial charge is 0.157 e. The Morgan fingerprint density at radius 2 is 2.00 bits per heavy atom. The molecule has 1 N–H and O–H groups in total. The second kappa shape index (κ2) is 7.82. The average molecular weight is 180 g/mol. The highest BCUT2D eigenvalue weighted by Gasteiger charge is 1.98. The summed E-state index contributed by atoms with van der Waals surface area (Å²) >= 11 is 0. The van der Waals surface area contributed by atoms with E-state index in [0.717, 1.165) is 0 Å². The third kappa shape index (κ3) is 9.10. The molecule has 13 heavy (non-hydrogen) atoms.